The molecule has 0 bridgehead atoms. The van der Waals surface area contributed by atoms with E-state index >= 15 is 0 Å². The molecule has 3 N–H and O–H groups in total. The van der Waals surface area contributed by atoms with Crippen molar-refractivity contribution in [2.24, 2.45) is 5.84 Å². The standard InChI is InChI=1S/C11H10ClN3O3/c12-6-1-2-8-7(5-6)10(17)11(18)15(8)4-3-9(16)14-13/h1-2,5H,3-4,13H2,(H,14,16). The summed E-state index contributed by atoms with van der Waals surface area (Å²) in [5.74, 6) is 3.27. The van der Waals surface area contributed by atoms with E-state index in [-0.39, 0.29) is 18.5 Å². The fourth-order valence-corrected chi connectivity index (χ4v) is 1.95. The molecule has 0 atom stereocenters. The van der Waals surface area contributed by atoms with Crippen molar-refractivity contribution < 1.29 is 14.4 Å². The van der Waals surface area contributed by atoms with Gasteiger partial charge in [0.1, 0.15) is 0 Å². The van der Waals surface area contributed by atoms with Crippen molar-refractivity contribution in [3.05, 3.63) is 28.8 Å². The number of anilines is 1. The molecular weight excluding hydrogens is 258 g/mol. The Kier molecular flexibility index (Phi) is 3.31. The zero-order valence-electron chi connectivity index (χ0n) is 9.27. The molecule has 0 radical (unpaired) electrons. The molecule has 1 aromatic carbocycles. The summed E-state index contributed by atoms with van der Waals surface area (Å²) < 4.78 is 0. The number of halogens is 1. The van der Waals surface area contributed by atoms with E-state index in [0.29, 0.717) is 10.7 Å². The molecule has 6 nitrogen and oxygen atoms in total. The van der Waals surface area contributed by atoms with Crippen LogP contribution in [0.2, 0.25) is 5.02 Å². The second-order valence-electron chi connectivity index (χ2n) is 3.76. The highest BCUT2D eigenvalue weighted by molar-refractivity contribution is 6.52. The van der Waals surface area contributed by atoms with Crippen molar-refractivity contribution in [2.75, 3.05) is 11.4 Å². The Morgan fingerprint density at radius 1 is 1.39 bits per heavy atom. The molecule has 0 spiro atoms. The van der Waals surface area contributed by atoms with Crippen molar-refractivity contribution in [3.63, 3.8) is 0 Å². The Hall–Kier alpha value is -1.92. The largest absolute Gasteiger partial charge is 0.304 e. The molecule has 0 saturated carbocycles. The maximum atomic E-state index is 11.7. The number of nitrogens with one attached hydrogen (secondary N) is 1. The van der Waals surface area contributed by atoms with Crippen molar-refractivity contribution in [1.29, 1.82) is 0 Å². The number of hydrazine groups is 1. The first-order chi connectivity index (χ1) is 8.54. The molecule has 0 saturated heterocycles. The predicted octanol–water partition coefficient (Wildman–Crippen LogP) is 0.249. The van der Waals surface area contributed by atoms with Gasteiger partial charge in [-0.1, -0.05) is 11.6 Å². The van der Waals surface area contributed by atoms with Crippen molar-refractivity contribution in [2.45, 2.75) is 6.42 Å². The highest BCUT2D eigenvalue weighted by Crippen LogP contribution is 2.31. The van der Waals surface area contributed by atoms with Gasteiger partial charge in [0.2, 0.25) is 5.91 Å². The number of Topliss-reactive ketones (excluding diaryl/α,β-unsaturated/α-hetero) is 1. The smallest absolute Gasteiger partial charge is 0.299 e. The Morgan fingerprint density at radius 3 is 2.78 bits per heavy atom. The third-order valence-electron chi connectivity index (χ3n) is 2.66. The molecule has 7 heteroatoms. The van der Waals surface area contributed by atoms with Gasteiger partial charge in [-0.25, -0.2) is 5.84 Å². The van der Waals surface area contributed by atoms with Crippen molar-refractivity contribution >= 4 is 34.9 Å². The van der Waals surface area contributed by atoms with Crippen LogP contribution in [-0.4, -0.2) is 24.1 Å². The molecule has 0 fully saturated rings. The zero-order chi connectivity index (χ0) is 13.3. The predicted molar refractivity (Wildman–Crippen MR) is 65.1 cm³/mol. The molecule has 0 aromatic heterocycles. The number of hydrogen-bond donors (Lipinski definition) is 2. The number of ketones is 1. The summed E-state index contributed by atoms with van der Waals surface area (Å²) >= 11 is 5.77. The SMILES string of the molecule is NNC(=O)CCN1C(=O)C(=O)c2cc(Cl)ccc21. The number of nitrogens with two attached hydrogens (primary N) is 1. The van der Waals surface area contributed by atoms with Gasteiger partial charge in [0.25, 0.3) is 11.7 Å². The number of carbonyl (C=O) groups excluding carboxylic acids is 3. The highest BCUT2D eigenvalue weighted by atomic mass is 35.5. The summed E-state index contributed by atoms with van der Waals surface area (Å²) in [5.41, 5.74) is 2.70. The molecule has 2 amide bonds. The van der Waals surface area contributed by atoms with Gasteiger partial charge in [0.05, 0.1) is 11.3 Å². The first-order valence-electron chi connectivity index (χ1n) is 5.20. The molecule has 0 unspecified atom stereocenters. The molecule has 1 aliphatic rings. The summed E-state index contributed by atoms with van der Waals surface area (Å²) in [6.07, 6.45) is 0.0254. The lowest BCUT2D eigenvalue weighted by Gasteiger charge is -2.15. The molecule has 1 aromatic rings. The minimum Gasteiger partial charge on any atom is -0.304 e. The maximum absolute atomic E-state index is 11.7. The van der Waals surface area contributed by atoms with Gasteiger partial charge in [-0.3, -0.25) is 19.8 Å². The van der Waals surface area contributed by atoms with Crippen LogP contribution in [0.1, 0.15) is 16.8 Å². The third kappa shape index (κ3) is 2.07. The maximum Gasteiger partial charge on any atom is 0.299 e. The fraction of sp³-hybridized carbons (Fsp3) is 0.182. The summed E-state index contributed by atoms with van der Waals surface area (Å²) in [4.78, 5) is 35.7. The molecule has 94 valence electrons. The first-order valence-corrected chi connectivity index (χ1v) is 5.57. The normalized spacial score (nSPS) is 13.8. The lowest BCUT2D eigenvalue weighted by atomic mass is 10.1. The lowest BCUT2D eigenvalue weighted by molar-refractivity contribution is -0.121. The monoisotopic (exact) mass is 267 g/mol. The lowest BCUT2D eigenvalue weighted by Crippen LogP contribution is -2.36. The average molecular weight is 268 g/mol. The van der Waals surface area contributed by atoms with E-state index in [1.54, 1.807) is 12.1 Å². The van der Waals surface area contributed by atoms with Gasteiger partial charge in [0, 0.05) is 18.0 Å². The van der Waals surface area contributed by atoms with Crippen LogP contribution in [0.25, 0.3) is 0 Å². The van der Waals surface area contributed by atoms with Gasteiger partial charge in [-0.05, 0) is 18.2 Å². The minimum absolute atomic E-state index is 0.0254. The number of benzene rings is 1. The van der Waals surface area contributed by atoms with Gasteiger partial charge in [-0.15, -0.1) is 0 Å². The third-order valence-corrected chi connectivity index (χ3v) is 2.89. The second kappa shape index (κ2) is 4.75. The molecule has 0 aliphatic carbocycles. The van der Waals surface area contributed by atoms with Crippen LogP contribution in [0.5, 0.6) is 0 Å². The van der Waals surface area contributed by atoms with E-state index in [4.69, 9.17) is 17.4 Å². The van der Waals surface area contributed by atoms with Gasteiger partial charge in [0.15, 0.2) is 0 Å². The molecule has 1 heterocycles. The van der Waals surface area contributed by atoms with Crippen LogP contribution in [0.4, 0.5) is 5.69 Å². The van der Waals surface area contributed by atoms with E-state index in [2.05, 4.69) is 0 Å². The average Bonchev–Trinajstić information content (AvgIpc) is 2.60. The van der Waals surface area contributed by atoms with Crippen LogP contribution in [0.3, 0.4) is 0 Å². The number of fused-ring (bicyclic) bond motifs is 1. The quantitative estimate of drug-likeness (QED) is 0.355. The topological polar surface area (TPSA) is 92.5 Å². The zero-order valence-corrected chi connectivity index (χ0v) is 10.0. The van der Waals surface area contributed by atoms with E-state index in [1.807, 2.05) is 5.43 Å². The summed E-state index contributed by atoms with van der Waals surface area (Å²) in [6.45, 7) is 0.0994. The summed E-state index contributed by atoms with van der Waals surface area (Å²) in [5, 5.41) is 0.386. The Labute approximate surface area is 108 Å². The number of rotatable bonds is 3. The first kappa shape index (κ1) is 12.5. The molecule has 18 heavy (non-hydrogen) atoms. The summed E-state index contributed by atoms with van der Waals surface area (Å²) in [7, 11) is 0. The number of hydrogen-bond acceptors (Lipinski definition) is 4. The van der Waals surface area contributed by atoms with Crippen molar-refractivity contribution in [3.8, 4) is 0 Å². The minimum atomic E-state index is -0.655. The van der Waals surface area contributed by atoms with Crippen LogP contribution >= 0.6 is 11.6 Å². The number of nitrogens with zero attached hydrogens (tertiary/aromatic N) is 1. The van der Waals surface area contributed by atoms with E-state index in [9.17, 15) is 14.4 Å². The van der Waals surface area contributed by atoms with E-state index < -0.39 is 17.6 Å². The Balaban J connectivity index is 2.26. The number of amides is 2. The van der Waals surface area contributed by atoms with Gasteiger partial charge < -0.3 is 4.90 Å². The van der Waals surface area contributed by atoms with Crippen LogP contribution < -0.4 is 16.2 Å². The van der Waals surface area contributed by atoms with E-state index in [1.165, 1.54) is 11.0 Å². The van der Waals surface area contributed by atoms with Crippen LogP contribution in [-0.2, 0) is 9.59 Å². The summed E-state index contributed by atoms with van der Waals surface area (Å²) in [6, 6.07) is 4.61. The van der Waals surface area contributed by atoms with Crippen molar-refractivity contribution in [1.82, 2.24) is 5.43 Å². The highest BCUT2D eigenvalue weighted by Gasteiger charge is 2.35. The molecule has 1 aliphatic heterocycles. The van der Waals surface area contributed by atoms with Crippen LogP contribution in [0, 0.1) is 0 Å². The fourth-order valence-electron chi connectivity index (χ4n) is 1.78. The molecular formula is C11H10ClN3O3. The van der Waals surface area contributed by atoms with Crippen LogP contribution in [0.15, 0.2) is 18.2 Å². The van der Waals surface area contributed by atoms with Gasteiger partial charge >= 0.3 is 0 Å². The molecule has 2 rings (SSSR count). The Bertz CT molecular complexity index is 544. The van der Waals surface area contributed by atoms with E-state index in [0.717, 1.165) is 0 Å². The number of carbonyl (C=O) groups is 3. The Morgan fingerprint density at radius 2 is 2.11 bits per heavy atom. The van der Waals surface area contributed by atoms with Gasteiger partial charge in [-0.2, -0.15) is 0 Å². The second-order valence-corrected chi connectivity index (χ2v) is 4.20.